The van der Waals surface area contributed by atoms with Crippen LogP contribution in [0.4, 0.5) is 0 Å². The fraction of sp³-hybridized carbons (Fsp3) is 0.500. The zero-order valence-corrected chi connectivity index (χ0v) is 13.6. The Labute approximate surface area is 133 Å². The van der Waals surface area contributed by atoms with Crippen LogP contribution in [-0.4, -0.2) is 12.5 Å². The number of hydrogen-bond acceptors (Lipinski definition) is 3. The molecular formula is C18H27NO3. The summed E-state index contributed by atoms with van der Waals surface area (Å²) >= 11 is 0. The maximum Gasteiger partial charge on any atom is 0.252 e. The van der Waals surface area contributed by atoms with E-state index in [1.807, 2.05) is 6.08 Å². The van der Waals surface area contributed by atoms with Gasteiger partial charge in [0.25, 0.3) is 5.91 Å². The minimum atomic E-state index is -0.506. The van der Waals surface area contributed by atoms with Crippen molar-refractivity contribution in [1.82, 2.24) is 0 Å². The van der Waals surface area contributed by atoms with Gasteiger partial charge in [-0.05, 0) is 31.1 Å². The van der Waals surface area contributed by atoms with E-state index in [1.165, 1.54) is 19.3 Å². The molecule has 1 amide bonds. The second kappa shape index (κ2) is 10.7. The SMILES string of the molecule is CCC/C=C/Oc1cc(OCCCCCC)ccc1C(N)=O. The van der Waals surface area contributed by atoms with Gasteiger partial charge < -0.3 is 15.2 Å². The lowest BCUT2D eigenvalue weighted by atomic mass is 10.2. The van der Waals surface area contributed by atoms with Gasteiger partial charge in [-0.2, -0.15) is 0 Å². The van der Waals surface area contributed by atoms with Crippen molar-refractivity contribution in [3.8, 4) is 11.5 Å². The van der Waals surface area contributed by atoms with Crippen LogP contribution in [0.2, 0.25) is 0 Å². The maximum atomic E-state index is 11.4. The quantitative estimate of drug-likeness (QED) is 0.485. The van der Waals surface area contributed by atoms with Crippen LogP contribution in [0.3, 0.4) is 0 Å². The topological polar surface area (TPSA) is 61.6 Å². The lowest BCUT2D eigenvalue weighted by Gasteiger charge is -2.10. The first kappa shape index (κ1) is 18.1. The number of unbranched alkanes of at least 4 members (excludes halogenated alkanes) is 4. The predicted octanol–water partition coefficient (Wildman–Crippen LogP) is 4.44. The molecule has 0 bridgehead atoms. The van der Waals surface area contributed by atoms with Crippen LogP contribution in [0.25, 0.3) is 0 Å². The molecule has 0 unspecified atom stereocenters. The molecule has 0 spiro atoms. The number of amides is 1. The van der Waals surface area contributed by atoms with Gasteiger partial charge in [0.15, 0.2) is 0 Å². The third-order valence-electron chi connectivity index (χ3n) is 3.23. The highest BCUT2D eigenvalue weighted by molar-refractivity contribution is 5.95. The summed E-state index contributed by atoms with van der Waals surface area (Å²) in [4.78, 5) is 11.4. The molecule has 0 radical (unpaired) electrons. The molecule has 0 saturated heterocycles. The molecule has 1 aromatic carbocycles. The largest absolute Gasteiger partial charge is 0.493 e. The van der Waals surface area contributed by atoms with Gasteiger partial charge in [0.1, 0.15) is 11.5 Å². The van der Waals surface area contributed by atoms with E-state index in [4.69, 9.17) is 15.2 Å². The zero-order valence-electron chi connectivity index (χ0n) is 13.6. The number of primary amides is 1. The third-order valence-corrected chi connectivity index (χ3v) is 3.23. The van der Waals surface area contributed by atoms with Crippen LogP contribution >= 0.6 is 0 Å². The Morgan fingerprint density at radius 3 is 2.68 bits per heavy atom. The smallest absolute Gasteiger partial charge is 0.252 e. The van der Waals surface area contributed by atoms with Crippen LogP contribution in [0.1, 0.15) is 62.7 Å². The molecule has 122 valence electrons. The highest BCUT2D eigenvalue weighted by Crippen LogP contribution is 2.25. The van der Waals surface area contributed by atoms with E-state index in [9.17, 15) is 4.79 Å². The van der Waals surface area contributed by atoms with Crippen molar-refractivity contribution in [1.29, 1.82) is 0 Å². The summed E-state index contributed by atoms with van der Waals surface area (Å²) in [5, 5.41) is 0. The minimum Gasteiger partial charge on any atom is -0.493 e. The van der Waals surface area contributed by atoms with E-state index in [-0.39, 0.29) is 0 Å². The van der Waals surface area contributed by atoms with Crippen molar-refractivity contribution < 1.29 is 14.3 Å². The van der Waals surface area contributed by atoms with Gasteiger partial charge in [-0.25, -0.2) is 0 Å². The van der Waals surface area contributed by atoms with Crippen LogP contribution in [-0.2, 0) is 0 Å². The lowest BCUT2D eigenvalue weighted by molar-refractivity contribution is 0.0998. The molecule has 0 aliphatic heterocycles. The van der Waals surface area contributed by atoms with Gasteiger partial charge in [-0.3, -0.25) is 4.79 Å². The third kappa shape index (κ3) is 6.66. The Kier molecular flexibility index (Phi) is 8.80. The van der Waals surface area contributed by atoms with Crippen molar-refractivity contribution in [2.75, 3.05) is 6.61 Å². The van der Waals surface area contributed by atoms with E-state index in [1.54, 1.807) is 24.5 Å². The number of allylic oxidation sites excluding steroid dienone is 1. The molecule has 4 nitrogen and oxygen atoms in total. The van der Waals surface area contributed by atoms with Gasteiger partial charge in [0.2, 0.25) is 0 Å². The first-order chi connectivity index (χ1) is 10.7. The molecular weight excluding hydrogens is 278 g/mol. The predicted molar refractivity (Wildman–Crippen MR) is 89.3 cm³/mol. The van der Waals surface area contributed by atoms with Gasteiger partial charge in [-0.15, -0.1) is 0 Å². The summed E-state index contributed by atoms with van der Waals surface area (Å²) in [7, 11) is 0. The minimum absolute atomic E-state index is 0.361. The Morgan fingerprint density at radius 1 is 1.18 bits per heavy atom. The van der Waals surface area contributed by atoms with Crippen LogP contribution in [0.5, 0.6) is 11.5 Å². The fourth-order valence-corrected chi connectivity index (χ4v) is 1.97. The number of rotatable bonds is 11. The van der Waals surface area contributed by atoms with Crippen molar-refractivity contribution in [3.05, 3.63) is 36.1 Å². The summed E-state index contributed by atoms with van der Waals surface area (Å²) in [6, 6.07) is 5.12. The van der Waals surface area contributed by atoms with Crippen molar-refractivity contribution in [2.24, 2.45) is 5.73 Å². The Morgan fingerprint density at radius 2 is 2.00 bits per heavy atom. The normalized spacial score (nSPS) is 10.8. The van der Waals surface area contributed by atoms with Crippen LogP contribution in [0.15, 0.2) is 30.5 Å². The number of benzene rings is 1. The van der Waals surface area contributed by atoms with Crippen molar-refractivity contribution in [3.63, 3.8) is 0 Å². The second-order valence-electron chi connectivity index (χ2n) is 5.21. The van der Waals surface area contributed by atoms with E-state index >= 15 is 0 Å². The summed E-state index contributed by atoms with van der Waals surface area (Å²) < 4.78 is 11.2. The molecule has 2 N–H and O–H groups in total. The highest BCUT2D eigenvalue weighted by Gasteiger charge is 2.10. The van der Waals surface area contributed by atoms with Crippen LogP contribution < -0.4 is 15.2 Å². The van der Waals surface area contributed by atoms with E-state index in [2.05, 4.69) is 13.8 Å². The number of carbonyl (C=O) groups excluding carboxylic acids is 1. The van der Waals surface area contributed by atoms with E-state index < -0.39 is 5.91 Å². The highest BCUT2D eigenvalue weighted by atomic mass is 16.5. The molecule has 0 aliphatic rings. The summed E-state index contributed by atoms with van der Waals surface area (Å²) in [5.74, 6) is 0.625. The second-order valence-corrected chi connectivity index (χ2v) is 5.21. The van der Waals surface area contributed by atoms with Crippen molar-refractivity contribution >= 4 is 5.91 Å². The molecule has 0 saturated carbocycles. The molecule has 4 heteroatoms. The number of hydrogen-bond donors (Lipinski definition) is 1. The zero-order chi connectivity index (χ0) is 16.2. The molecule has 1 aromatic rings. The molecule has 1 rings (SSSR count). The molecule has 0 aliphatic carbocycles. The number of ether oxygens (including phenoxy) is 2. The number of carbonyl (C=O) groups is 1. The van der Waals surface area contributed by atoms with Gasteiger partial charge in [-0.1, -0.05) is 39.5 Å². The van der Waals surface area contributed by atoms with Crippen LogP contribution in [0, 0.1) is 0 Å². The fourth-order valence-electron chi connectivity index (χ4n) is 1.97. The average Bonchev–Trinajstić information content (AvgIpc) is 2.51. The Balaban J connectivity index is 2.65. The van der Waals surface area contributed by atoms with Gasteiger partial charge >= 0.3 is 0 Å². The van der Waals surface area contributed by atoms with Crippen molar-refractivity contribution in [2.45, 2.75) is 52.4 Å². The number of nitrogens with two attached hydrogens (primary N) is 1. The standard InChI is InChI=1S/C18H27NO3/c1-3-5-7-9-12-21-15-10-11-16(18(19)20)17(14-15)22-13-8-6-4-2/h8,10-11,13-14H,3-7,9,12H2,1-2H3,(H2,19,20)/b13-8+. The molecule has 22 heavy (non-hydrogen) atoms. The van der Waals surface area contributed by atoms with E-state index in [0.717, 1.165) is 19.3 Å². The van der Waals surface area contributed by atoms with E-state index in [0.29, 0.717) is 23.7 Å². The summed E-state index contributed by atoms with van der Waals surface area (Å²) in [5.41, 5.74) is 5.73. The first-order valence-corrected chi connectivity index (χ1v) is 8.07. The maximum absolute atomic E-state index is 11.4. The van der Waals surface area contributed by atoms with Gasteiger partial charge in [0.05, 0.1) is 18.4 Å². The molecule has 0 fully saturated rings. The molecule has 0 heterocycles. The summed E-state index contributed by atoms with van der Waals surface area (Å²) in [6.45, 7) is 4.94. The average molecular weight is 305 g/mol. The molecule has 0 atom stereocenters. The Bertz CT molecular complexity index is 483. The first-order valence-electron chi connectivity index (χ1n) is 8.07. The summed E-state index contributed by atoms with van der Waals surface area (Å²) in [6.07, 6.45) is 10.1. The monoisotopic (exact) mass is 305 g/mol. The van der Waals surface area contributed by atoms with Gasteiger partial charge in [0, 0.05) is 6.07 Å². The molecule has 0 aromatic heterocycles. The Hall–Kier alpha value is -1.97. The lowest BCUT2D eigenvalue weighted by Crippen LogP contribution is -2.12.